The van der Waals surface area contributed by atoms with Crippen LogP contribution in [0.4, 0.5) is 5.69 Å². The minimum absolute atomic E-state index is 0.121. The molecule has 2 aromatic carbocycles. The van der Waals surface area contributed by atoms with Crippen LogP contribution in [0.2, 0.25) is 0 Å². The number of hydrogen-bond donors (Lipinski definition) is 2. The summed E-state index contributed by atoms with van der Waals surface area (Å²) < 4.78 is 36.3. The highest BCUT2D eigenvalue weighted by molar-refractivity contribution is 7.90. The first-order chi connectivity index (χ1) is 15.2. The first kappa shape index (κ1) is 23.1. The van der Waals surface area contributed by atoms with Gasteiger partial charge < -0.3 is 20.1 Å². The van der Waals surface area contributed by atoms with Crippen molar-refractivity contribution >= 4 is 33.4 Å². The number of nitrogens with zero attached hydrogens (tertiary/aromatic N) is 1. The van der Waals surface area contributed by atoms with E-state index in [0.29, 0.717) is 16.4 Å². The fourth-order valence-corrected chi connectivity index (χ4v) is 4.79. The molecular formula is C21H23N3O7S. The summed E-state index contributed by atoms with van der Waals surface area (Å²) in [6.45, 7) is 0.802. The number of nitrogens with one attached hydrogen (secondary N) is 2. The number of rotatable bonds is 8. The van der Waals surface area contributed by atoms with Gasteiger partial charge >= 0.3 is 0 Å². The number of hydrogen-bond acceptors (Lipinski definition) is 7. The number of aryl methyl sites for hydroxylation is 1. The zero-order valence-corrected chi connectivity index (χ0v) is 18.6. The zero-order chi connectivity index (χ0) is 23.5. The van der Waals surface area contributed by atoms with Crippen molar-refractivity contribution in [3.8, 4) is 11.5 Å². The molecule has 0 spiro atoms. The largest absolute Gasteiger partial charge is 0.493 e. The molecule has 32 heavy (non-hydrogen) atoms. The van der Waals surface area contributed by atoms with E-state index in [1.54, 1.807) is 12.1 Å². The number of ether oxygens (including phenoxy) is 2. The summed E-state index contributed by atoms with van der Waals surface area (Å²) >= 11 is 0. The first-order valence-electron chi connectivity index (χ1n) is 9.70. The number of anilines is 1. The fraction of sp³-hybridized carbons (Fsp3) is 0.286. The van der Waals surface area contributed by atoms with E-state index in [-0.39, 0.29) is 28.5 Å². The number of amides is 3. The minimum atomic E-state index is -4.26. The van der Waals surface area contributed by atoms with Crippen LogP contribution in [-0.4, -0.2) is 57.8 Å². The predicted molar refractivity (Wildman–Crippen MR) is 115 cm³/mol. The Kier molecular flexibility index (Phi) is 6.68. The van der Waals surface area contributed by atoms with E-state index in [4.69, 9.17) is 9.47 Å². The molecule has 0 radical (unpaired) electrons. The Balaban J connectivity index is 1.67. The molecule has 11 heteroatoms. The van der Waals surface area contributed by atoms with Gasteiger partial charge in [0, 0.05) is 11.8 Å². The van der Waals surface area contributed by atoms with Gasteiger partial charge in [-0.25, -0.2) is 12.7 Å². The maximum absolute atomic E-state index is 12.8. The fourth-order valence-electron chi connectivity index (χ4n) is 3.27. The van der Waals surface area contributed by atoms with Crippen molar-refractivity contribution in [3.63, 3.8) is 0 Å². The second kappa shape index (κ2) is 9.27. The summed E-state index contributed by atoms with van der Waals surface area (Å²) in [6.07, 6.45) is 0.716. The number of fused-ring (bicyclic) bond motifs is 1. The third-order valence-corrected chi connectivity index (χ3v) is 6.69. The lowest BCUT2D eigenvalue weighted by atomic mass is 10.1. The van der Waals surface area contributed by atoms with E-state index in [9.17, 15) is 22.8 Å². The van der Waals surface area contributed by atoms with Crippen LogP contribution < -0.4 is 20.1 Å². The van der Waals surface area contributed by atoms with Crippen molar-refractivity contribution in [2.75, 3.05) is 32.6 Å². The van der Waals surface area contributed by atoms with Crippen molar-refractivity contribution in [3.05, 3.63) is 47.5 Å². The molecule has 0 atom stereocenters. The number of carbonyl (C=O) groups is 3. The minimum Gasteiger partial charge on any atom is -0.493 e. The molecule has 3 rings (SSSR count). The smallest absolute Gasteiger partial charge is 0.269 e. The Labute approximate surface area is 185 Å². The summed E-state index contributed by atoms with van der Waals surface area (Å²) in [5.41, 5.74) is 1.44. The van der Waals surface area contributed by atoms with Crippen LogP contribution in [0.25, 0.3) is 0 Å². The molecular weight excluding hydrogens is 438 g/mol. The molecule has 0 saturated carbocycles. The highest BCUT2D eigenvalue weighted by Crippen LogP contribution is 2.38. The molecule has 0 unspecified atom stereocenters. The lowest BCUT2D eigenvalue weighted by Gasteiger charge is -2.15. The predicted octanol–water partition coefficient (Wildman–Crippen LogP) is 1.17. The van der Waals surface area contributed by atoms with Crippen LogP contribution in [0.1, 0.15) is 22.8 Å². The van der Waals surface area contributed by atoms with Crippen LogP contribution in [0.15, 0.2) is 41.3 Å². The maximum atomic E-state index is 12.8. The standard InChI is InChI=1S/C21H23N3O7S/c1-4-13-7-5-6-8-15(13)23-19(25)11-22-20(26)12-24-21(27)14-9-16(30-2)17(31-3)10-18(14)32(24,28)29/h5-10H,4,11-12H2,1-3H3,(H,22,26)(H,23,25). The number of carbonyl (C=O) groups excluding carboxylic acids is 3. The van der Waals surface area contributed by atoms with Crippen molar-refractivity contribution in [2.24, 2.45) is 0 Å². The SMILES string of the molecule is CCc1ccccc1NC(=O)CNC(=O)CN1C(=O)c2cc(OC)c(OC)cc2S1(=O)=O. The molecule has 1 aliphatic heterocycles. The normalized spacial score (nSPS) is 14.0. The van der Waals surface area contributed by atoms with Crippen LogP contribution in [-0.2, 0) is 26.0 Å². The molecule has 0 fully saturated rings. The van der Waals surface area contributed by atoms with Gasteiger partial charge in [0.05, 0.1) is 26.3 Å². The van der Waals surface area contributed by atoms with E-state index < -0.39 is 34.3 Å². The summed E-state index contributed by atoms with van der Waals surface area (Å²) in [4.78, 5) is 36.9. The Hall–Kier alpha value is -3.60. The molecule has 0 bridgehead atoms. The lowest BCUT2D eigenvalue weighted by Crippen LogP contribution is -2.42. The molecule has 0 aliphatic carbocycles. The van der Waals surface area contributed by atoms with Gasteiger partial charge in [-0.05, 0) is 24.1 Å². The third-order valence-electron chi connectivity index (χ3n) is 4.92. The summed E-state index contributed by atoms with van der Waals surface area (Å²) in [6, 6.07) is 9.68. The van der Waals surface area contributed by atoms with Gasteiger partial charge in [0.25, 0.3) is 15.9 Å². The van der Waals surface area contributed by atoms with E-state index in [1.165, 1.54) is 26.4 Å². The quantitative estimate of drug-likeness (QED) is 0.603. The number of methoxy groups -OCH3 is 2. The third kappa shape index (κ3) is 4.37. The Morgan fingerprint density at radius 1 is 1.03 bits per heavy atom. The topological polar surface area (TPSA) is 131 Å². The van der Waals surface area contributed by atoms with Gasteiger partial charge in [-0.3, -0.25) is 14.4 Å². The molecule has 0 aromatic heterocycles. The number of para-hydroxylation sites is 1. The van der Waals surface area contributed by atoms with Gasteiger partial charge in [-0.15, -0.1) is 0 Å². The number of sulfonamides is 1. The van der Waals surface area contributed by atoms with Gasteiger partial charge in [-0.2, -0.15) is 0 Å². The average molecular weight is 461 g/mol. The Morgan fingerprint density at radius 3 is 2.34 bits per heavy atom. The summed E-state index contributed by atoms with van der Waals surface area (Å²) in [5.74, 6) is -1.82. The molecule has 10 nitrogen and oxygen atoms in total. The summed E-state index contributed by atoms with van der Waals surface area (Å²) in [7, 11) is -1.57. The van der Waals surface area contributed by atoms with Crippen molar-refractivity contribution < 1.29 is 32.3 Å². The Morgan fingerprint density at radius 2 is 1.69 bits per heavy atom. The average Bonchev–Trinajstić information content (AvgIpc) is 2.97. The molecule has 2 N–H and O–H groups in total. The highest BCUT2D eigenvalue weighted by atomic mass is 32.2. The molecule has 2 aromatic rings. The van der Waals surface area contributed by atoms with Crippen molar-refractivity contribution in [2.45, 2.75) is 18.2 Å². The maximum Gasteiger partial charge on any atom is 0.269 e. The van der Waals surface area contributed by atoms with Gasteiger partial charge in [-0.1, -0.05) is 25.1 Å². The van der Waals surface area contributed by atoms with E-state index >= 15 is 0 Å². The molecule has 1 heterocycles. The highest BCUT2D eigenvalue weighted by Gasteiger charge is 2.43. The number of benzene rings is 2. The first-order valence-corrected chi connectivity index (χ1v) is 11.1. The van der Waals surface area contributed by atoms with Crippen molar-refractivity contribution in [1.29, 1.82) is 0 Å². The van der Waals surface area contributed by atoms with Crippen LogP contribution in [0.5, 0.6) is 11.5 Å². The van der Waals surface area contributed by atoms with E-state index in [1.807, 2.05) is 19.1 Å². The van der Waals surface area contributed by atoms with Crippen LogP contribution in [0, 0.1) is 0 Å². The van der Waals surface area contributed by atoms with Crippen LogP contribution >= 0.6 is 0 Å². The van der Waals surface area contributed by atoms with Gasteiger partial charge in [0.15, 0.2) is 11.5 Å². The second-order valence-electron chi connectivity index (χ2n) is 6.86. The monoisotopic (exact) mass is 461 g/mol. The van der Waals surface area contributed by atoms with Gasteiger partial charge in [0.1, 0.15) is 11.4 Å². The second-order valence-corrected chi connectivity index (χ2v) is 8.69. The summed E-state index contributed by atoms with van der Waals surface area (Å²) in [5, 5.41) is 5.03. The van der Waals surface area contributed by atoms with Crippen LogP contribution in [0.3, 0.4) is 0 Å². The van der Waals surface area contributed by atoms with E-state index in [2.05, 4.69) is 10.6 Å². The zero-order valence-electron chi connectivity index (χ0n) is 17.8. The molecule has 0 saturated heterocycles. The molecule has 170 valence electrons. The van der Waals surface area contributed by atoms with E-state index in [0.717, 1.165) is 5.56 Å². The van der Waals surface area contributed by atoms with Gasteiger partial charge in [0.2, 0.25) is 11.8 Å². The van der Waals surface area contributed by atoms with Crippen molar-refractivity contribution in [1.82, 2.24) is 9.62 Å². The molecule has 1 aliphatic rings. The lowest BCUT2D eigenvalue weighted by molar-refractivity contribution is -0.124. The molecule has 3 amide bonds. The Bertz CT molecular complexity index is 1180.